The van der Waals surface area contributed by atoms with Crippen LogP contribution in [-0.4, -0.2) is 30.1 Å². The molecule has 0 spiro atoms. The molecule has 21 heavy (non-hydrogen) atoms. The van der Waals surface area contributed by atoms with Crippen LogP contribution in [0.1, 0.15) is 18.6 Å². The lowest BCUT2D eigenvalue weighted by atomic mass is 10.2. The summed E-state index contributed by atoms with van der Waals surface area (Å²) in [6, 6.07) is 12.8. The van der Waals surface area contributed by atoms with Crippen LogP contribution >= 0.6 is 0 Å². The minimum absolute atomic E-state index is 0.190. The van der Waals surface area contributed by atoms with Crippen LogP contribution in [0.4, 0.5) is 5.69 Å². The van der Waals surface area contributed by atoms with E-state index in [-0.39, 0.29) is 6.10 Å². The lowest BCUT2D eigenvalue weighted by molar-refractivity contribution is 0.121. The van der Waals surface area contributed by atoms with E-state index in [0.717, 1.165) is 36.8 Å². The summed E-state index contributed by atoms with van der Waals surface area (Å²) in [7, 11) is 0. The monoisotopic (exact) mass is 284 g/mol. The van der Waals surface area contributed by atoms with Gasteiger partial charge in [-0.2, -0.15) is 0 Å². The van der Waals surface area contributed by atoms with Gasteiger partial charge in [0.15, 0.2) is 0 Å². The summed E-state index contributed by atoms with van der Waals surface area (Å²) in [5.41, 5.74) is 1.10. The maximum Gasteiger partial charge on any atom is 0.142 e. The molecule has 1 N–H and O–H groups in total. The Labute approximate surface area is 124 Å². The number of nitrogens with one attached hydrogen (secondary N) is 1. The molecule has 1 aliphatic carbocycles. The molecule has 0 amide bonds. The van der Waals surface area contributed by atoms with E-state index in [0.29, 0.717) is 6.04 Å². The van der Waals surface area contributed by atoms with Gasteiger partial charge in [-0.3, -0.25) is 4.90 Å². The van der Waals surface area contributed by atoms with E-state index in [1.165, 1.54) is 12.8 Å². The zero-order chi connectivity index (χ0) is 14.1. The Morgan fingerprint density at radius 3 is 2.86 bits per heavy atom. The molecule has 1 fully saturated rings. The van der Waals surface area contributed by atoms with Crippen molar-refractivity contribution in [3.05, 3.63) is 48.4 Å². The van der Waals surface area contributed by atoms with Gasteiger partial charge in [-0.15, -0.1) is 0 Å². The molecule has 0 radical (unpaired) electrons. The highest BCUT2D eigenvalue weighted by Gasteiger charge is 2.32. The highest BCUT2D eigenvalue weighted by molar-refractivity contribution is 5.57. The summed E-state index contributed by atoms with van der Waals surface area (Å²) in [6.07, 6.45) is 4.51. The zero-order valence-corrected chi connectivity index (χ0v) is 12.0. The maximum atomic E-state index is 6.12. The topological polar surface area (TPSA) is 37.6 Å². The first-order chi connectivity index (χ1) is 10.4. The van der Waals surface area contributed by atoms with Gasteiger partial charge in [0, 0.05) is 12.6 Å². The van der Waals surface area contributed by atoms with Gasteiger partial charge in [-0.05, 0) is 37.1 Å². The van der Waals surface area contributed by atoms with E-state index in [9.17, 15) is 0 Å². The Balaban J connectivity index is 1.42. The fraction of sp³-hybridized carbons (Fsp3) is 0.412. The van der Waals surface area contributed by atoms with E-state index < -0.39 is 0 Å². The molecule has 1 saturated carbocycles. The number of rotatable bonds is 5. The predicted molar refractivity (Wildman–Crippen MR) is 81.5 cm³/mol. The van der Waals surface area contributed by atoms with Crippen LogP contribution in [0.2, 0.25) is 0 Å². The van der Waals surface area contributed by atoms with Crippen molar-refractivity contribution in [2.24, 2.45) is 0 Å². The largest absolute Gasteiger partial charge is 0.485 e. The fourth-order valence-electron chi connectivity index (χ4n) is 2.91. The smallest absolute Gasteiger partial charge is 0.142 e. The van der Waals surface area contributed by atoms with Crippen LogP contribution in [0.25, 0.3) is 0 Å². The Morgan fingerprint density at radius 1 is 1.14 bits per heavy atom. The second-order valence-electron chi connectivity index (χ2n) is 5.86. The van der Waals surface area contributed by atoms with Gasteiger partial charge in [0.1, 0.15) is 17.6 Å². The molecule has 1 unspecified atom stereocenters. The lowest BCUT2D eigenvalue weighted by Gasteiger charge is -2.31. The predicted octanol–water partition coefficient (Wildman–Crippen LogP) is 3.12. The quantitative estimate of drug-likeness (QED) is 0.915. The van der Waals surface area contributed by atoms with Crippen LogP contribution in [0.15, 0.2) is 47.1 Å². The van der Waals surface area contributed by atoms with E-state index >= 15 is 0 Å². The number of ether oxygens (including phenoxy) is 1. The Morgan fingerprint density at radius 2 is 2.05 bits per heavy atom. The molecule has 1 aromatic carbocycles. The van der Waals surface area contributed by atoms with Crippen LogP contribution in [0.3, 0.4) is 0 Å². The first-order valence-corrected chi connectivity index (χ1v) is 7.64. The molecule has 2 aromatic rings. The molecule has 0 saturated heterocycles. The minimum atomic E-state index is 0.190. The van der Waals surface area contributed by atoms with E-state index in [2.05, 4.69) is 16.3 Å². The van der Waals surface area contributed by atoms with Crippen molar-refractivity contribution in [3.8, 4) is 5.75 Å². The summed E-state index contributed by atoms with van der Waals surface area (Å²) in [5, 5.41) is 3.46. The SMILES string of the molecule is c1coc(CN(CC2CNc3ccccc3O2)C2CC2)c1. The van der Waals surface area contributed by atoms with Crippen LogP contribution in [0.5, 0.6) is 5.75 Å². The highest BCUT2D eigenvalue weighted by Crippen LogP contribution is 2.32. The van der Waals surface area contributed by atoms with E-state index in [4.69, 9.17) is 9.15 Å². The third kappa shape index (κ3) is 2.90. The molecule has 4 nitrogen and oxygen atoms in total. The summed E-state index contributed by atoms with van der Waals surface area (Å²) < 4.78 is 11.6. The zero-order valence-electron chi connectivity index (χ0n) is 12.0. The second kappa shape index (κ2) is 5.45. The summed E-state index contributed by atoms with van der Waals surface area (Å²) in [4.78, 5) is 2.49. The molecule has 1 atom stereocenters. The molecule has 4 heteroatoms. The molecule has 110 valence electrons. The molecule has 2 aliphatic rings. The van der Waals surface area contributed by atoms with Gasteiger partial charge in [0.25, 0.3) is 0 Å². The molecule has 0 bridgehead atoms. The third-order valence-electron chi connectivity index (χ3n) is 4.14. The third-order valence-corrected chi connectivity index (χ3v) is 4.14. The van der Waals surface area contributed by atoms with Crippen molar-refractivity contribution in [1.82, 2.24) is 4.90 Å². The molecule has 1 aromatic heterocycles. The van der Waals surface area contributed by atoms with Gasteiger partial charge in [0.05, 0.1) is 25.0 Å². The summed E-state index contributed by atoms with van der Waals surface area (Å²) in [5.74, 6) is 1.99. The first-order valence-electron chi connectivity index (χ1n) is 7.64. The number of hydrogen-bond donors (Lipinski definition) is 1. The number of nitrogens with zero attached hydrogens (tertiary/aromatic N) is 1. The van der Waals surface area contributed by atoms with Crippen LogP contribution in [-0.2, 0) is 6.54 Å². The number of furan rings is 1. The standard InChI is InChI=1S/C17H20N2O2/c1-2-6-17-16(5-1)18-10-15(21-17)12-19(13-7-8-13)11-14-4-3-9-20-14/h1-6,9,13,15,18H,7-8,10-12H2. The van der Waals surface area contributed by atoms with E-state index in [1.54, 1.807) is 6.26 Å². The van der Waals surface area contributed by atoms with Crippen molar-refractivity contribution < 1.29 is 9.15 Å². The first kappa shape index (κ1) is 12.8. The summed E-state index contributed by atoms with van der Waals surface area (Å²) in [6.45, 7) is 2.67. The highest BCUT2D eigenvalue weighted by atomic mass is 16.5. The Hall–Kier alpha value is -1.94. The van der Waals surface area contributed by atoms with Crippen molar-refractivity contribution in [2.45, 2.75) is 31.5 Å². The van der Waals surface area contributed by atoms with Crippen molar-refractivity contribution in [2.75, 3.05) is 18.4 Å². The lowest BCUT2D eigenvalue weighted by Crippen LogP contribution is -2.42. The average Bonchev–Trinajstić information content (AvgIpc) is 3.24. The number of hydrogen-bond acceptors (Lipinski definition) is 4. The van der Waals surface area contributed by atoms with Gasteiger partial charge in [0.2, 0.25) is 0 Å². The number of anilines is 1. The molecular formula is C17H20N2O2. The molecule has 4 rings (SSSR count). The Kier molecular flexibility index (Phi) is 3.31. The van der Waals surface area contributed by atoms with Gasteiger partial charge >= 0.3 is 0 Å². The van der Waals surface area contributed by atoms with Gasteiger partial charge in [-0.1, -0.05) is 12.1 Å². The van der Waals surface area contributed by atoms with Crippen molar-refractivity contribution >= 4 is 5.69 Å². The second-order valence-corrected chi connectivity index (χ2v) is 5.86. The Bertz CT molecular complexity index is 593. The molecule has 2 heterocycles. The van der Waals surface area contributed by atoms with Crippen LogP contribution < -0.4 is 10.1 Å². The number of para-hydroxylation sites is 2. The average molecular weight is 284 g/mol. The minimum Gasteiger partial charge on any atom is -0.485 e. The normalized spacial score (nSPS) is 20.7. The van der Waals surface area contributed by atoms with Gasteiger partial charge in [-0.25, -0.2) is 0 Å². The van der Waals surface area contributed by atoms with Crippen molar-refractivity contribution in [3.63, 3.8) is 0 Å². The van der Waals surface area contributed by atoms with E-state index in [1.807, 2.05) is 30.3 Å². The maximum absolute atomic E-state index is 6.12. The van der Waals surface area contributed by atoms with Crippen LogP contribution in [0, 0.1) is 0 Å². The van der Waals surface area contributed by atoms with Gasteiger partial charge < -0.3 is 14.5 Å². The molecular weight excluding hydrogens is 264 g/mol. The fourth-order valence-corrected chi connectivity index (χ4v) is 2.91. The summed E-state index contributed by atoms with van der Waals surface area (Å²) >= 11 is 0. The van der Waals surface area contributed by atoms with Crippen molar-refractivity contribution in [1.29, 1.82) is 0 Å². The number of fused-ring (bicyclic) bond motifs is 1. The number of benzene rings is 1. The molecule has 1 aliphatic heterocycles.